The Morgan fingerprint density at radius 3 is 1.30 bits per heavy atom. The first-order valence-corrected chi connectivity index (χ1v) is 13.5. The molecule has 0 fully saturated rings. The first-order chi connectivity index (χ1) is 16.2. The highest BCUT2D eigenvalue weighted by Gasteiger charge is 2.14. The molecular formula is C28H47NO4. The third kappa shape index (κ3) is 15.5. The van der Waals surface area contributed by atoms with Crippen molar-refractivity contribution in [2.75, 3.05) is 13.2 Å². The zero-order chi connectivity index (χ0) is 24.0. The molecule has 0 saturated heterocycles. The molecule has 0 aliphatic carbocycles. The molecule has 0 atom stereocenters. The maximum absolute atomic E-state index is 12.2. The monoisotopic (exact) mass is 461 g/mol. The second kappa shape index (κ2) is 20.7. The first kappa shape index (κ1) is 29.1. The molecule has 0 unspecified atom stereocenters. The molecule has 0 radical (unpaired) electrons. The minimum Gasteiger partial charge on any atom is -0.461 e. The Hall–Kier alpha value is -1.91. The standard InChI is InChI=1S/C28H47NO4/c1-3-5-7-9-10-11-12-13-14-15-16-17-19-24-33-28(31)26-22-20-21-25(29-26)27(30)32-23-18-8-6-4-2/h20-22H,3-19,23-24H2,1-2H3. The van der Waals surface area contributed by atoms with Gasteiger partial charge >= 0.3 is 11.9 Å². The van der Waals surface area contributed by atoms with Crippen LogP contribution in [0.15, 0.2) is 18.2 Å². The average molecular weight is 462 g/mol. The van der Waals surface area contributed by atoms with Gasteiger partial charge in [0.1, 0.15) is 11.4 Å². The summed E-state index contributed by atoms with van der Waals surface area (Å²) in [6, 6.07) is 4.78. The van der Waals surface area contributed by atoms with E-state index in [1.165, 1.54) is 70.6 Å². The van der Waals surface area contributed by atoms with Crippen LogP contribution in [0.1, 0.15) is 144 Å². The van der Waals surface area contributed by atoms with Crippen LogP contribution in [0.2, 0.25) is 0 Å². The molecule has 0 saturated carbocycles. The number of pyridine rings is 1. The van der Waals surface area contributed by atoms with Crippen LogP contribution >= 0.6 is 0 Å². The maximum Gasteiger partial charge on any atom is 0.356 e. The molecule has 0 aliphatic heterocycles. The number of aromatic nitrogens is 1. The molecule has 5 heteroatoms. The van der Waals surface area contributed by atoms with E-state index in [2.05, 4.69) is 18.8 Å². The van der Waals surface area contributed by atoms with E-state index in [1.807, 2.05) is 0 Å². The molecule has 0 amide bonds. The largest absolute Gasteiger partial charge is 0.461 e. The number of carbonyl (C=O) groups is 2. The van der Waals surface area contributed by atoms with Gasteiger partial charge in [0.15, 0.2) is 0 Å². The normalized spacial score (nSPS) is 10.8. The van der Waals surface area contributed by atoms with Crippen molar-refractivity contribution in [2.24, 2.45) is 0 Å². The Balaban J connectivity index is 2.07. The van der Waals surface area contributed by atoms with Crippen molar-refractivity contribution in [3.63, 3.8) is 0 Å². The van der Waals surface area contributed by atoms with Crippen LogP contribution in [-0.2, 0) is 9.47 Å². The number of carbonyl (C=O) groups excluding carboxylic acids is 2. The van der Waals surface area contributed by atoms with Gasteiger partial charge in [-0.05, 0) is 25.0 Å². The highest BCUT2D eigenvalue weighted by Crippen LogP contribution is 2.13. The fourth-order valence-electron chi connectivity index (χ4n) is 3.79. The lowest BCUT2D eigenvalue weighted by Crippen LogP contribution is -2.13. The highest BCUT2D eigenvalue weighted by atomic mass is 16.5. The van der Waals surface area contributed by atoms with E-state index in [0.717, 1.165) is 38.5 Å². The molecule has 0 aromatic carbocycles. The zero-order valence-electron chi connectivity index (χ0n) is 21.2. The molecule has 1 rings (SSSR count). The van der Waals surface area contributed by atoms with Crippen LogP contribution in [0.4, 0.5) is 0 Å². The summed E-state index contributed by atoms with van der Waals surface area (Å²) < 4.78 is 10.6. The zero-order valence-corrected chi connectivity index (χ0v) is 21.2. The van der Waals surface area contributed by atoms with Crippen LogP contribution in [0.5, 0.6) is 0 Å². The lowest BCUT2D eigenvalue weighted by atomic mass is 10.0. The van der Waals surface area contributed by atoms with E-state index in [0.29, 0.717) is 13.2 Å². The lowest BCUT2D eigenvalue weighted by Gasteiger charge is -2.07. The van der Waals surface area contributed by atoms with Crippen molar-refractivity contribution in [3.05, 3.63) is 29.6 Å². The molecule has 0 aliphatic rings. The van der Waals surface area contributed by atoms with E-state index >= 15 is 0 Å². The first-order valence-electron chi connectivity index (χ1n) is 13.5. The summed E-state index contributed by atoms with van der Waals surface area (Å²) in [6.07, 6.45) is 20.8. The Morgan fingerprint density at radius 2 is 0.909 bits per heavy atom. The molecule has 33 heavy (non-hydrogen) atoms. The maximum atomic E-state index is 12.2. The molecule has 0 spiro atoms. The number of nitrogens with zero attached hydrogens (tertiary/aromatic N) is 1. The van der Waals surface area contributed by atoms with E-state index in [4.69, 9.17) is 9.47 Å². The van der Waals surface area contributed by atoms with Crippen molar-refractivity contribution in [3.8, 4) is 0 Å². The minimum absolute atomic E-state index is 0.154. The number of ether oxygens (including phenoxy) is 2. The highest BCUT2D eigenvalue weighted by molar-refractivity contribution is 5.91. The summed E-state index contributed by atoms with van der Waals surface area (Å²) in [6.45, 7) is 5.18. The molecule has 1 aromatic rings. The van der Waals surface area contributed by atoms with Crippen LogP contribution < -0.4 is 0 Å². The van der Waals surface area contributed by atoms with Crippen LogP contribution in [0.25, 0.3) is 0 Å². The Morgan fingerprint density at radius 1 is 0.576 bits per heavy atom. The summed E-state index contributed by atoms with van der Waals surface area (Å²) in [4.78, 5) is 28.5. The molecule has 5 nitrogen and oxygen atoms in total. The van der Waals surface area contributed by atoms with E-state index in [1.54, 1.807) is 18.2 Å². The summed E-state index contributed by atoms with van der Waals surface area (Å²) in [7, 11) is 0. The van der Waals surface area contributed by atoms with E-state index < -0.39 is 11.9 Å². The van der Waals surface area contributed by atoms with E-state index in [-0.39, 0.29) is 11.4 Å². The quantitative estimate of drug-likeness (QED) is 0.137. The second-order valence-corrected chi connectivity index (χ2v) is 8.98. The third-order valence-electron chi connectivity index (χ3n) is 5.88. The number of rotatable bonds is 21. The van der Waals surface area contributed by atoms with E-state index in [9.17, 15) is 9.59 Å². The topological polar surface area (TPSA) is 65.5 Å². The summed E-state index contributed by atoms with van der Waals surface area (Å²) in [5.41, 5.74) is 0.311. The van der Waals surface area contributed by atoms with Gasteiger partial charge in [-0.3, -0.25) is 0 Å². The third-order valence-corrected chi connectivity index (χ3v) is 5.88. The van der Waals surface area contributed by atoms with Gasteiger partial charge in [-0.1, -0.05) is 116 Å². The van der Waals surface area contributed by atoms with Crippen LogP contribution in [0.3, 0.4) is 0 Å². The molecule has 1 aromatic heterocycles. The summed E-state index contributed by atoms with van der Waals surface area (Å²) in [5.74, 6) is -0.968. The second-order valence-electron chi connectivity index (χ2n) is 8.98. The van der Waals surface area contributed by atoms with Gasteiger partial charge in [0.05, 0.1) is 13.2 Å². The Labute approximate surface area is 202 Å². The molecular weight excluding hydrogens is 414 g/mol. The van der Waals surface area contributed by atoms with Crippen molar-refractivity contribution in [2.45, 2.75) is 123 Å². The number of hydrogen-bond acceptors (Lipinski definition) is 5. The fraction of sp³-hybridized carbons (Fsp3) is 0.750. The van der Waals surface area contributed by atoms with Gasteiger partial charge in [-0.25, -0.2) is 14.6 Å². The predicted octanol–water partition coefficient (Wildman–Crippen LogP) is 8.07. The number of unbranched alkanes of at least 4 members (excludes halogenated alkanes) is 15. The van der Waals surface area contributed by atoms with Gasteiger partial charge in [-0.2, -0.15) is 0 Å². The van der Waals surface area contributed by atoms with Gasteiger partial charge in [0, 0.05) is 0 Å². The smallest absolute Gasteiger partial charge is 0.356 e. The average Bonchev–Trinajstić information content (AvgIpc) is 2.84. The van der Waals surface area contributed by atoms with Crippen molar-refractivity contribution < 1.29 is 19.1 Å². The molecule has 188 valence electrons. The SMILES string of the molecule is CCCCCCCCCCCCCCCOC(=O)c1cccc(C(=O)OCCCCCC)n1. The van der Waals surface area contributed by atoms with Crippen LogP contribution in [-0.4, -0.2) is 30.1 Å². The van der Waals surface area contributed by atoms with Gasteiger partial charge < -0.3 is 9.47 Å². The molecule has 0 bridgehead atoms. The molecule has 0 N–H and O–H groups in total. The van der Waals surface area contributed by atoms with Crippen molar-refractivity contribution in [1.82, 2.24) is 4.98 Å². The fourth-order valence-corrected chi connectivity index (χ4v) is 3.79. The summed E-state index contributed by atoms with van der Waals surface area (Å²) >= 11 is 0. The van der Waals surface area contributed by atoms with Gasteiger partial charge in [0.2, 0.25) is 0 Å². The van der Waals surface area contributed by atoms with Gasteiger partial charge in [-0.15, -0.1) is 0 Å². The number of esters is 2. The lowest BCUT2D eigenvalue weighted by molar-refractivity contribution is 0.0482. The van der Waals surface area contributed by atoms with Crippen molar-refractivity contribution >= 4 is 11.9 Å². The summed E-state index contributed by atoms with van der Waals surface area (Å²) in [5, 5.41) is 0. The predicted molar refractivity (Wildman–Crippen MR) is 135 cm³/mol. The van der Waals surface area contributed by atoms with Gasteiger partial charge in [0.25, 0.3) is 0 Å². The van der Waals surface area contributed by atoms with Crippen LogP contribution in [0, 0.1) is 0 Å². The number of hydrogen-bond donors (Lipinski definition) is 0. The molecule has 1 heterocycles. The Kier molecular flexibility index (Phi) is 18.2. The van der Waals surface area contributed by atoms with Crippen molar-refractivity contribution in [1.29, 1.82) is 0 Å². The minimum atomic E-state index is -0.488. The Bertz CT molecular complexity index is 632.